The lowest BCUT2D eigenvalue weighted by Gasteiger charge is -1.99. The minimum Gasteiger partial charge on any atom is -0.497 e. The standard InChI is InChI=1S/C18H17NO4S/c1-3-22-16(20)11-14-17(15-5-4-10-24-15)23-18(19-14)12-6-8-13(21-2)9-7-12/h4-10H,3,11H2,1-2H3. The van der Waals surface area contributed by atoms with E-state index in [9.17, 15) is 4.79 Å². The molecule has 124 valence electrons. The van der Waals surface area contributed by atoms with E-state index in [0.29, 0.717) is 24.0 Å². The van der Waals surface area contributed by atoms with Crippen molar-refractivity contribution >= 4 is 17.3 Å². The van der Waals surface area contributed by atoms with Crippen molar-refractivity contribution in [2.75, 3.05) is 13.7 Å². The van der Waals surface area contributed by atoms with Crippen LogP contribution in [0.2, 0.25) is 0 Å². The fourth-order valence-electron chi connectivity index (χ4n) is 2.28. The fourth-order valence-corrected chi connectivity index (χ4v) is 3.01. The number of carbonyl (C=O) groups excluding carboxylic acids is 1. The second-order valence-corrected chi connectivity index (χ2v) is 5.93. The van der Waals surface area contributed by atoms with Gasteiger partial charge in [-0.15, -0.1) is 11.3 Å². The molecule has 2 aromatic heterocycles. The van der Waals surface area contributed by atoms with Crippen LogP contribution in [0.4, 0.5) is 0 Å². The summed E-state index contributed by atoms with van der Waals surface area (Å²) in [5, 5.41) is 1.96. The van der Waals surface area contributed by atoms with Gasteiger partial charge in [-0.2, -0.15) is 0 Å². The van der Waals surface area contributed by atoms with Crippen molar-refractivity contribution in [2.45, 2.75) is 13.3 Å². The average molecular weight is 343 g/mol. The molecule has 5 nitrogen and oxygen atoms in total. The lowest BCUT2D eigenvalue weighted by molar-refractivity contribution is -0.142. The van der Waals surface area contributed by atoms with Crippen LogP contribution < -0.4 is 4.74 Å². The largest absolute Gasteiger partial charge is 0.497 e. The third kappa shape index (κ3) is 3.49. The Morgan fingerprint density at radius 2 is 2.04 bits per heavy atom. The van der Waals surface area contributed by atoms with Crippen molar-refractivity contribution in [3.63, 3.8) is 0 Å². The summed E-state index contributed by atoms with van der Waals surface area (Å²) in [6, 6.07) is 11.3. The first-order chi connectivity index (χ1) is 11.7. The highest BCUT2D eigenvalue weighted by molar-refractivity contribution is 7.13. The zero-order chi connectivity index (χ0) is 16.9. The highest BCUT2D eigenvalue weighted by Gasteiger charge is 2.20. The van der Waals surface area contributed by atoms with E-state index in [1.807, 2.05) is 41.8 Å². The van der Waals surface area contributed by atoms with Crippen LogP contribution in [-0.2, 0) is 16.0 Å². The van der Waals surface area contributed by atoms with Crippen LogP contribution >= 0.6 is 11.3 Å². The molecule has 0 atom stereocenters. The van der Waals surface area contributed by atoms with Crippen molar-refractivity contribution in [3.8, 4) is 27.8 Å². The van der Waals surface area contributed by atoms with Crippen molar-refractivity contribution < 1.29 is 18.7 Å². The molecule has 0 aliphatic rings. The second kappa shape index (κ2) is 7.31. The number of methoxy groups -OCH3 is 1. The van der Waals surface area contributed by atoms with Gasteiger partial charge in [0.1, 0.15) is 5.75 Å². The Labute approximate surface area is 143 Å². The second-order valence-electron chi connectivity index (χ2n) is 4.98. The predicted octanol–water partition coefficient (Wildman–Crippen LogP) is 4.18. The molecule has 0 bridgehead atoms. The summed E-state index contributed by atoms with van der Waals surface area (Å²) in [6.45, 7) is 2.13. The summed E-state index contributed by atoms with van der Waals surface area (Å²) < 4.78 is 16.1. The summed E-state index contributed by atoms with van der Waals surface area (Å²) in [5.41, 5.74) is 1.41. The van der Waals surface area contributed by atoms with Crippen LogP contribution in [0.15, 0.2) is 46.2 Å². The van der Waals surface area contributed by atoms with E-state index in [4.69, 9.17) is 13.9 Å². The van der Waals surface area contributed by atoms with Gasteiger partial charge in [0, 0.05) is 5.56 Å². The maximum Gasteiger partial charge on any atom is 0.312 e. The van der Waals surface area contributed by atoms with Crippen molar-refractivity contribution in [1.29, 1.82) is 0 Å². The van der Waals surface area contributed by atoms with Crippen molar-refractivity contribution in [1.82, 2.24) is 4.98 Å². The van der Waals surface area contributed by atoms with Gasteiger partial charge >= 0.3 is 5.97 Å². The van der Waals surface area contributed by atoms with Crippen LogP contribution in [0.5, 0.6) is 5.75 Å². The molecule has 0 fully saturated rings. The van der Waals surface area contributed by atoms with E-state index in [2.05, 4.69) is 4.98 Å². The number of ether oxygens (including phenoxy) is 2. The lowest BCUT2D eigenvalue weighted by atomic mass is 10.2. The van der Waals surface area contributed by atoms with Gasteiger partial charge in [-0.1, -0.05) is 6.07 Å². The molecule has 6 heteroatoms. The van der Waals surface area contributed by atoms with Crippen LogP contribution in [0.25, 0.3) is 22.1 Å². The first kappa shape index (κ1) is 16.3. The predicted molar refractivity (Wildman–Crippen MR) is 92.1 cm³/mol. The number of aromatic nitrogens is 1. The van der Waals surface area contributed by atoms with Gasteiger partial charge in [0.15, 0.2) is 5.76 Å². The molecule has 0 radical (unpaired) electrons. The van der Waals surface area contributed by atoms with Gasteiger partial charge in [-0.3, -0.25) is 4.79 Å². The molecule has 0 saturated heterocycles. The monoisotopic (exact) mass is 343 g/mol. The smallest absolute Gasteiger partial charge is 0.312 e. The normalized spacial score (nSPS) is 10.6. The van der Waals surface area contributed by atoms with Gasteiger partial charge in [-0.05, 0) is 42.6 Å². The first-order valence-electron chi connectivity index (χ1n) is 7.55. The highest BCUT2D eigenvalue weighted by atomic mass is 32.1. The van der Waals surface area contributed by atoms with Gasteiger partial charge in [0.05, 0.1) is 30.7 Å². The molecule has 3 aromatic rings. The van der Waals surface area contributed by atoms with Crippen molar-refractivity contribution in [2.24, 2.45) is 0 Å². The molecule has 0 aliphatic carbocycles. The summed E-state index contributed by atoms with van der Waals surface area (Å²) >= 11 is 1.54. The van der Waals surface area contributed by atoms with Gasteiger partial charge < -0.3 is 13.9 Å². The SMILES string of the molecule is CCOC(=O)Cc1nc(-c2ccc(OC)cc2)oc1-c1cccs1. The maximum atomic E-state index is 11.8. The molecule has 0 unspecified atom stereocenters. The van der Waals surface area contributed by atoms with E-state index in [-0.39, 0.29) is 12.4 Å². The fraction of sp³-hybridized carbons (Fsp3) is 0.222. The van der Waals surface area contributed by atoms with E-state index in [1.165, 1.54) is 11.3 Å². The summed E-state index contributed by atoms with van der Waals surface area (Å²) in [4.78, 5) is 17.3. The van der Waals surface area contributed by atoms with E-state index in [0.717, 1.165) is 16.2 Å². The Bertz CT molecular complexity index is 806. The van der Waals surface area contributed by atoms with Gasteiger partial charge in [0.25, 0.3) is 0 Å². The molecule has 0 spiro atoms. The first-order valence-corrected chi connectivity index (χ1v) is 8.43. The molecule has 0 N–H and O–H groups in total. The number of carbonyl (C=O) groups is 1. The molecule has 3 rings (SSSR count). The Balaban J connectivity index is 1.97. The van der Waals surface area contributed by atoms with Gasteiger partial charge in [0.2, 0.25) is 5.89 Å². The number of hydrogen-bond donors (Lipinski definition) is 0. The summed E-state index contributed by atoms with van der Waals surface area (Å²) in [5.74, 6) is 1.53. The topological polar surface area (TPSA) is 61.6 Å². The average Bonchev–Trinajstić information content (AvgIpc) is 3.24. The molecule has 2 heterocycles. The third-order valence-corrected chi connectivity index (χ3v) is 4.27. The number of esters is 1. The number of thiophene rings is 1. The summed E-state index contributed by atoms with van der Waals surface area (Å²) in [7, 11) is 1.62. The molecule has 1 aromatic carbocycles. The zero-order valence-corrected chi connectivity index (χ0v) is 14.3. The zero-order valence-electron chi connectivity index (χ0n) is 13.4. The number of benzene rings is 1. The number of oxazole rings is 1. The third-order valence-electron chi connectivity index (χ3n) is 3.40. The Morgan fingerprint density at radius 1 is 1.25 bits per heavy atom. The van der Waals surface area contributed by atoms with E-state index >= 15 is 0 Å². The van der Waals surface area contributed by atoms with Gasteiger partial charge in [-0.25, -0.2) is 4.98 Å². The quantitative estimate of drug-likeness (QED) is 0.628. The number of rotatable bonds is 6. The lowest BCUT2D eigenvalue weighted by Crippen LogP contribution is -2.08. The molecule has 0 saturated carbocycles. The van der Waals surface area contributed by atoms with Crippen LogP contribution in [0.3, 0.4) is 0 Å². The Kier molecular flexibility index (Phi) is 4.96. The number of nitrogens with zero attached hydrogens (tertiary/aromatic N) is 1. The Hall–Kier alpha value is -2.60. The highest BCUT2D eigenvalue weighted by Crippen LogP contribution is 2.33. The van der Waals surface area contributed by atoms with E-state index < -0.39 is 0 Å². The molecule has 0 aliphatic heterocycles. The van der Waals surface area contributed by atoms with Crippen molar-refractivity contribution in [3.05, 3.63) is 47.5 Å². The molecular weight excluding hydrogens is 326 g/mol. The van der Waals surface area contributed by atoms with Crippen LogP contribution in [0.1, 0.15) is 12.6 Å². The minimum absolute atomic E-state index is 0.0841. The summed E-state index contributed by atoms with van der Waals surface area (Å²) in [6.07, 6.45) is 0.0841. The van der Waals surface area contributed by atoms with Crippen LogP contribution in [-0.4, -0.2) is 24.7 Å². The maximum absolute atomic E-state index is 11.8. The number of hydrogen-bond acceptors (Lipinski definition) is 6. The molecule has 24 heavy (non-hydrogen) atoms. The van der Waals surface area contributed by atoms with E-state index in [1.54, 1.807) is 14.0 Å². The molecule has 0 amide bonds. The van der Waals surface area contributed by atoms with Crippen LogP contribution in [0, 0.1) is 0 Å². The minimum atomic E-state index is -0.315. The Morgan fingerprint density at radius 3 is 2.67 bits per heavy atom. The molecular formula is C18H17NO4S.